The summed E-state index contributed by atoms with van der Waals surface area (Å²) in [5, 5.41) is 10.3. The third kappa shape index (κ3) is 2.69. The van der Waals surface area contributed by atoms with Crippen LogP contribution in [0.2, 0.25) is 0 Å². The fraction of sp³-hybridized carbons (Fsp3) is 0.130. The molecule has 1 N–H and O–H groups in total. The van der Waals surface area contributed by atoms with Gasteiger partial charge in [-0.3, -0.25) is 0 Å². The molecule has 0 amide bonds. The molecule has 2 aromatic carbocycles. The number of hydrogen-bond donors (Lipinski definition) is 1. The number of fused-ring (bicyclic) bond motifs is 1. The average molecular weight is 370 g/mol. The molecule has 0 saturated carbocycles. The van der Waals surface area contributed by atoms with Crippen LogP contribution in [0.5, 0.6) is 0 Å². The van der Waals surface area contributed by atoms with Crippen LogP contribution in [0.15, 0.2) is 72.8 Å². The van der Waals surface area contributed by atoms with Crippen molar-refractivity contribution in [3.05, 3.63) is 95.2 Å². The molecule has 4 heteroatoms. The second-order valence-corrected chi connectivity index (χ2v) is 7.89. The molecule has 3 nitrogen and oxygen atoms in total. The van der Waals surface area contributed by atoms with Crippen LogP contribution in [-0.4, -0.2) is 15.1 Å². The summed E-state index contributed by atoms with van der Waals surface area (Å²) in [6.45, 7) is 2.08. The molecule has 0 atom stereocenters. The summed E-state index contributed by atoms with van der Waals surface area (Å²) < 4.78 is 0. The molecule has 132 valence electrons. The van der Waals surface area contributed by atoms with E-state index in [4.69, 9.17) is 9.97 Å². The van der Waals surface area contributed by atoms with Crippen molar-refractivity contribution in [1.29, 1.82) is 0 Å². The van der Waals surface area contributed by atoms with Gasteiger partial charge < -0.3 is 5.11 Å². The molecule has 2 heterocycles. The molecule has 0 spiro atoms. The molecule has 5 rings (SSSR count). The Balaban J connectivity index is 1.55. The number of nitrogens with zero attached hydrogens (tertiary/aromatic N) is 2. The number of aliphatic hydroxyl groups is 1. The number of aromatic nitrogens is 2. The average Bonchev–Trinajstić information content (AvgIpc) is 3.41. The summed E-state index contributed by atoms with van der Waals surface area (Å²) in [6, 6.07) is 20.7. The molecule has 2 aromatic heterocycles. The molecule has 1 aliphatic carbocycles. The minimum Gasteiger partial charge on any atom is -0.392 e. The summed E-state index contributed by atoms with van der Waals surface area (Å²) in [5.41, 5.74) is 6.14. The Morgan fingerprint density at radius 2 is 1.78 bits per heavy atom. The zero-order valence-corrected chi connectivity index (χ0v) is 15.7. The number of benzene rings is 2. The van der Waals surface area contributed by atoms with Crippen molar-refractivity contribution in [2.75, 3.05) is 0 Å². The minimum atomic E-state index is -0.168. The van der Waals surface area contributed by atoms with Crippen LogP contribution >= 0.6 is 11.3 Å². The maximum atomic E-state index is 9.37. The lowest BCUT2D eigenvalue weighted by Gasteiger charge is -2.15. The second-order valence-electron chi connectivity index (χ2n) is 6.91. The van der Waals surface area contributed by atoms with Crippen molar-refractivity contribution in [2.45, 2.75) is 18.9 Å². The summed E-state index contributed by atoms with van der Waals surface area (Å²) in [4.78, 5) is 10.7. The lowest BCUT2D eigenvalue weighted by Crippen LogP contribution is -2.12. The standard InChI is InChI=1S/C23H18N2OS/c1-15-13-16(7-8-17(15)14-26)21-24-19-9-10-20(25-22(19)27-21)23(11-12-23)18-5-3-2-4-6-18/h2-13,26H,14H2,1H3. The van der Waals surface area contributed by atoms with Crippen molar-refractivity contribution >= 4 is 21.7 Å². The van der Waals surface area contributed by atoms with Crippen molar-refractivity contribution in [3.8, 4) is 10.6 Å². The molecule has 0 aliphatic heterocycles. The normalized spacial score (nSPS) is 14.6. The van der Waals surface area contributed by atoms with Gasteiger partial charge in [0.1, 0.15) is 15.4 Å². The van der Waals surface area contributed by atoms with Gasteiger partial charge in [0.15, 0.2) is 0 Å². The summed E-state index contributed by atoms with van der Waals surface area (Å²) in [7, 11) is 0. The third-order valence-corrected chi connectivity index (χ3v) is 6.20. The molecule has 0 fully saturated rings. The summed E-state index contributed by atoms with van der Waals surface area (Å²) in [5.74, 6) is 0. The van der Waals surface area contributed by atoms with Crippen LogP contribution in [0.4, 0.5) is 0 Å². The van der Waals surface area contributed by atoms with Gasteiger partial charge in [0, 0.05) is 5.56 Å². The van der Waals surface area contributed by atoms with E-state index in [0.717, 1.165) is 37.7 Å². The minimum absolute atomic E-state index is 0.0610. The van der Waals surface area contributed by atoms with E-state index in [0.29, 0.717) is 0 Å². The first-order valence-electron chi connectivity index (χ1n) is 8.94. The smallest absolute Gasteiger partial charge is 0.144 e. The molecular weight excluding hydrogens is 352 g/mol. The topological polar surface area (TPSA) is 46.0 Å². The predicted molar refractivity (Wildman–Crippen MR) is 110 cm³/mol. The van der Waals surface area contributed by atoms with Gasteiger partial charge in [-0.1, -0.05) is 66.0 Å². The lowest BCUT2D eigenvalue weighted by molar-refractivity contribution is 0.281. The van der Waals surface area contributed by atoms with Crippen molar-refractivity contribution < 1.29 is 5.11 Å². The first kappa shape index (κ1) is 16.4. The van der Waals surface area contributed by atoms with Crippen LogP contribution in [0.1, 0.15) is 22.4 Å². The Kier molecular flexibility index (Phi) is 3.71. The fourth-order valence-electron chi connectivity index (χ4n) is 3.49. The lowest BCUT2D eigenvalue weighted by atomic mass is 9.89. The summed E-state index contributed by atoms with van der Waals surface area (Å²) in [6.07, 6.45) is 4.41. The highest BCUT2D eigenvalue weighted by Crippen LogP contribution is 2.44. The van der Waals surface area contributed by atoms with E-state index >= 15 is 0 Å². The van der Waals surface area contributed by atoms with Crippen LogP contribution in [-0.2, 0) is 12.0 Å². The van der Waals surface area contributed by atoms with E-state index < -0.39 is 0 Å². The van der Waals surface area contributed by atoms with Crippen LogP contribution < -0.4 is 0 Å². The SMILES string of the molecule is Cc1cc(-c2nc3ccc(C4(c5ccccc5)C=C4)nc3s2)ccc1CO. The predicted octanol–water partition coefficient (Wildman–Crippen LogP) is 5.01. The number of pyridine rings is 1. The molecular formula is C23H18N2OS. The summed E-state index contributed by atoms with van der Waals surface area (Å²) >= 11 is 1.61. The molecule has 4 aromatic rings. The molecule has 0 radical (unpaired) electrons. The van der Waals surface area contributed by atoms with Gasteiger partial charge in [0.25, 0.3) is 0 Å². The second kappa shape index (κ2) is 6.12. The van der Waals surface area contributed by atoms with Gasteiger partial charge >= 0.3 is 0 Å². The fourth-order valence-corrected chi connectivity index (χ4v) is 4.42. The van der Waals surface area contributed by atoms with E-state index in [1.54, 1.807) is 11.3 Å². The van der Waals surface area contributed by atoms with Crippen LogP contribution in [0.25, 0.3) is 20.9 Å². The number of allylic oxidation sites excluding steroid dienone is 2. The Bertz CT molecular complexity index is 1170. The maximum Gasteiger partial charge on any atom is 0.144 e. The maximum absolute atomic E-state index is 9.37. The van der Waals surface area contributed by atoms with Crippen molar-refractivity contribution in [1.82, 2.24) is 9.97 Å². The molecule has 0 unspecified atom stereocenters. The van der Waals surface area contributed by atoms with Gasteiger partial charge in [-0.15, -0.1) is 0 Å². The number of rotatable bonds is 4. The zero-order valence-electron chi connectivity index (χ0n) is 14.9. The Morgan fingerprint density at radius 1 is 0.963 bits per heavy atom. The van der Waals surface area contributed by atoms with Gasteiger partial charge in [0.2, 0.25) is 0 Å². The Labute approximate surface area is 161 Å². The van der Waals surface area contributed by atoms with E-state index in [1.807, 2.05) is 25.1 Å². The number of hydrogen-bond acceptors (Lipinski definition) is 4. The van der Waals surface area contributed by atoms with Crippen molar-refractivity contribution in [3.63, 3.8) is 0 Å². The van der Waals surface area contributed by atoms with Gasteiger partial charge in [-0.2, -0.15) is 0 Å². The highest BCUT2D eigenvalue weighted by Gasteiger charge is 2.39. The molecule has 0 bridgehead atoms. The van der Waals surface area contributed by atoms with Crippen LogP contribution in [0, 0.1) is 6.92 Å². The highest BCUT2D eigenvalue weighted by molar-refractivity contribution is 7.21. The first-order chi connectivity index (χ1) is 13.2. The first-order valence-corrected chi connectivity index (χ1v) is 9.76. The quantitative estimate of drug-likeness (QED) is 0.513. The van der Waals surface area contributed by atoms with E-state index in [1.165, 1.54) is 5.56 Å². The largest absolute Gasteiger partial charge is 0.392 e. The Hall–Kier alpha value is -2.82. The number of aliphatic hydroxyl groups excluding tert-OH is 1. The van der Waals surface area contributed by atoms with Gasteiger partial charge in [0.05, 0.1) is 17.7 Å². The molecule has 0 saturated heterocycles. The zero-order chi connectivity index (χ0) is 18.4. The molecule has 1 aliphatic rings. The van der Waals surface area contributed by atoms with E-state index in [-0.39, 0.29) is 12.0 Å². The van der Waals surface area contributed by atoms with Crippen molar-refractivity contribution in [2.24, 2.45) is 0 Å². The van der Waals surface area contributed by atoms with Gasteiger partial charge in [-0.25, -0.2) is 9.97 Å². The van der Waals surface area contributed by atoms with E-state index in [2.05, 4.69) is 54.6 Å². The van der Waals surface area contributed by atoms with E-state index in [9.17, 15) is 5.11 Å². The number of aryl methyl sites for hydroxylation is 1. The Morgan fingerprint density at radius 3 is 2.48 bits per heavy atom. The third-order valence-electron chi connectivity index (χ3n) is 5.19. The van der Waals surface area contributed by atoms with Gasteiger partial charge in [-0.05, 0) is 41.8 Å². The monoisotopic (exact) mass is 370 g/mol. The van der Waals surface area contributed by atoms with Crippen LogP contribution in [0.3, 0.4) is 0 Å². The number of thiazole rings is 1. The highest BCUT2D eigenvalue weighted by atomic mass is 32.1. The molecule has 27 heavy (non-hydrogen) atoms.